The maximum atomic E-state index is 12.3. The van der Waals surface area contributed by atoms with Crippen molar-refractivity contribution in [1.29, 1.82) is 0 Å². The molecule has 0 radical (unpaired) electrons. The number of ether oxygens (including phenoxy) is 2. The molecule has 1 saturated heterocycles. The first-order valence-electron chi connectivity index (χ1n) is 7.68. The van der Waals surface area contributed by atoms with Gasteiger partial charge in [-0.15, -0.1) is 0 Å². The zero-order valence-electron chi connectivity index (χ0n) is 14.1. The number of benzene rings is 2. The van der Waals surface area contributed by atoms with E-state index in [1.54, 1.807) is 42.5 Å². The van der Waals surface area contributed by atoms with E-state index >= 15 is 0 Å². The highest BCUT2D eigenvalue weighted by Crippen LogP contribution is 2.32. The lowest BCUT2D eigenvalue weighted by Gasteiger charge is -2.10. The van der Waals surface area contributed by atoms with E-state index in [1.165, 1.54) is 18.9 Å². The second-order valence-electron chi connectivity index (χ2n) is 5.52. The summed E-state index contributed by atoms with van der Waals surface area (Å²) < 4.78 is 11.2. The molecule has 0 spiro atoms. The van der Waals surface area contributed by atoms with Gasteiger partial charge in [0.15, 0.2) is 11.5 Å². The summed E-state index contributed by atoms with van der Waals surface area (Å²) in [6, 6.07) is 12.2. The van der Waals surface area contributed by atoms with Crippen molar-refractivity contribution in [2.75, 3.05) is 7.11 Å². The van der Waals surface area contributed by atoms with Crippen molar-refractivity contribution < 1.29 is 19.1 Å². The monoisotopic (exact) mass is 385 g/mol. The molecule has 0 bridgehead atoms. The van der Waals surface area contributed by atoms with E-state index in [4.69, 9.17) is 21.7 Å². The van der Waals surface area contributed by atoms with Crippen LogP contribution >= 0.6 is 24.0 Å². The van der Waals surface area contributed by atoms with E-state index in [0.29, 0.717) is 26.3 Å². The van der Waals surface area contributed by atoms with E-state index in [9.17, 15) is 9.59 Å². The Kier molecular flexibility index (Phi) is 5.39. The summed E-state index contributed by atoms with van der Waals surface area (Å²) in [4.78, 5) is 24.6. The van der Waals surface area contributed by atoms with Crippen LogP contribution in [0.15, 0.2) is 47.4 Å². The van der Waals surface area contributed by atoms with Gasteiger partial charge in [0, 0.05) is 0 Å². The first-order valence-corrected chi connectivity index (χ1v) is 8.90. The van der Waals surface area contributed by atoms with Crippen molar-refractivity contribution in [2.24, 2.45) is 0 Å². The molecule has 132 valence electrons. The van der Waals surface area contributed by atoms with Crippen molar-refractivity contribution in [1.82, 2.24) is 5.32 Å². The van der Waals surface area contributed by atoms with E-state index in [-0.39, 0.29) is 5.91 Å². The fraction of sp³-hybridized carbons (Fsp3) is 0.105. The highest BCUT2D eigenvalue weighted by molar-refractivity contribution is 8.26. The fourth-order valence-electron chi connectivity index (χ4n) is 2.36. The Morgan fingerprint density at radius 3 is 2.65 bits per heavy atom. The molecule has 26 heavy (non-hydrogen) atoms. The molecule has 0 atom stereocenters. The van der Waals surface area contributed by atoms with Gasteiger partial charge in [0.05, 0.1) is 17.6 Å². The van der Waals surface area contributed by atoms with E-state index in [2.05, 4.69) is 5.32 Å². The summed E-state index contributed by atoms with van der Waals surface area (Å²) in [5.41, 5.74) is 2.17. The number of carbonyl (C=O) groups excluding carboxylic acids is 2. The normalized spacial score (nSPS) is 15.1. The van der Waals surface area contributed by atoms with E-state index in [1.807, 2.05) is 13.0 Å². The molecule has 0 aromatic heterocycles. The summed E-state index contributed by atoms with van der Waals surface area (Å²) in [6.45, 7) is 1.91. The highest BCUT2D eigenvalue weighted by Gasteiger charge is 2.22. The second kappa shape index (κ2) is 7.72. The third-order valence-corrected chi connectivity index (χ3v) is 4.75. The smallest absolute Gasteiger partial charge is 0.343 e. The lowest BCUT2D eigenvalue weighted by Crippen LogP contribution is -2.17. The first kappa shape index (κ1) is 18.2. The molecule has 1 N–H and O–H groups in total. The summed E-state index contributed by atoms with van der Waals surface area (Å²) in [5, 5.41) is 2.56. The summed E-state index contributed by atoms with van der Waals surface area (Å²) in [5.74, 6) is 0.00892. The van der Waals surface area contributed by atoms with Gasteiger partial charge in [-0.3, -0.25) is 4.79 Å². The van der Waals surface area contributed by atoms with Crippen LogP contribution in [0, 0.1) is 6.92 Å². The van der Waals surface area contributed by atoms with Crippen LogP contribution < -0.4 is 14.8 Å². The molecule has 0 saturated carbocycles. The fourth-order valence-corrected chi connectivity index (χ4v) is 3.41. The van der Waals surface area contributed by atoms with Gasteiger partial charge < -0.3 is 14.8 Å². The molecule has 1 aliphatic rings. The number of thiocarbonyl (C=S) groups is 1. The molecule has 3 rings (SSSR count). The van der Waals surface area contributed by atoms with Crippen molar-refractivity contribution in [3.63, 3.8) is 0 Å². The van der Waals surface area contributed by atoms with Gasteiger partial charge in [-0.1, -0.05) is 47.7 Å². The van der Waals surface area contributed by atoms with Gasteiger partial charge in [-0.2, -0.15) is 0 Å². The van der Waals surface area contributed by atoms with Crippen molar-refractivity contribution >= 4 is 46.3 Å². The van der Waals surface area contributed by atoms with Crippen molar-refractivity contribution in [3.05, 3.63) is 64.1 Å². The number of hydrogen-bond donors (Lipinski definition) is 1. The highest BCUT2D eigenvalue weighted by atomic mass is 32.2. The minimum absolute atomic E-state index is 0.228. The molecule has 2 aromatic carbocycles. The standard InChI is InChI=1S/C19H15NO4S2/c1-11-4-3-5-13(8-11)18(22)24-14-7-6-12(9-15(14)23-2)10-16-17(21)20-19(25)26-16/h3-10H,1-2H3,(H,20,21,25)/b16-10-. The van der Waals surface area contributed by atoms with Crippen molar-refractivity contribution in [2.45, 2.75) is 6.92 Å². The maximum absolute atomic E-state index is 12.3. The lowest BCUT2D eigenvalue weighted by molar-refractivity contribution is -0.115. The number of methoxy groups -OCH3 is 1. The Labute approximate surface area is 160 Å². The maximum Gasteiger partial charge on any atom is 0.343 e. The predicted molar refractivity (Wildman–Crippen MR) is 105 cm³/mol. The SMILES string of the molecule is COc1cc(/C=C2\SC(=S)NC2=O)ccc1OC(=O)c1cccc(C)c1. The van der Waals surface area contributed by atoms with Crippen LogP contribution in [0.3, 0.4) is 0 Å². The van der Waals surface area contributed by atoms with Gasteiger partial charge in [0.25, 0.3) is 5.91 Å². The molecule has 1 fully saturated rings. The zero-order valence-corrected chi connectivity index (χ0v) is 15.7. The van der Waals surface area contributed by atoms with Gasteiger partial charge in [0.2, 0.25) is 0 Å². The minimum atomic E-state index is -0.464. The number of amides is 1. The molecule has 2 aromatic rings. The number of nitrogens with one attached hydrogen (secondary N) is 1. The van der Waals surface area contributed by atoms with Gasteiger partial charge in [0.1, 0.15) is 4.32 Å². The van der Waals surface area contributed by atoms with Crippen molar-refractivity contribution in [3.8, 4) is 11.5 Å². The average Bonchev–Trinajstić information content (AvgIpc) is 2.93. The zero-order chi connectivity index (χ0) is 18.7. The van der Waals surface area contributed by atoms with Crippen LogP contribution in [-0.2, 0) is 4.79 Å². The molecular formula is C19H15NO4S2. The number of thioether (sulfide) groups is 1. The molecule has 1 heterocycles. The van der Waals surface area contributed by atoms with Crippen LogP contribution in [0.25, 0.3) is 6.08 Å². The number of rotatable bonds is 4. The number of aryl methyl sites for hydroxylation is 1. The quantitative estimate of drug-likeness (QED) is 0.375. The topological polar surface area (TPSA) is 64.6 Å². The van der Waals surface area contributed by atoms with Crippen LogP contribution in [0.4, 0.5) is 0 Å². The largest absolute Gasteiger partial charge is 0.493 e. The van der Waals surface area contributed by atoms with Gasteiger partial charge in [-0.25, -0.2) is 4.79 Å². The molecule has 1 aliphatic heterocycles. The van der Waals surface area contributed by atoms with E-state index < -0.39 is 5.97 Å². The van der Waals surface area contributed by atoms with Gasteiger partial charge in [-0.05, 0) is 42.8 Å². The third-order valence-electron chi connectivity index (χ3n) is 3.58. The second-order valence-corrected chi connectivity index (χ2v) is 7.24. The number of carbonyl (C=O) groups is 2. The average molecular weight is 385 g/mol. The summed E-state index contributed by atoms with van der Waals surface area (Å²) in [7, 11) is 1.49. The van der Waals surface area contributed by atoms with Gasteiger partial charge >= 0.3 is 5.97 Å². The van der Waals surface area contributed by atoms with Crippen LogP contribution in [0.1, 0.15) is 21.5 Å². The Balaban J connectivity index is 1.83. The predicted octanol–water partition coefficient (Wildman–Crippen LogP) is 3.71. The van der Waals surface area contributed by atoms with Crippen LogP contribution in [0.2, 0.25) is 0 Å². The molecular weight excluding hydrogens is 370 g/mol. The summed E-state index contributed by atoms with van der Waals surface area (Å²) in [6.07, 6.45) is 1.70. The number of hydrogen-bond acceptors (Lipinski definition) is 6. The molecule has 0 unspecified atom stereocenters. The minimum Gasteiger partial charge on any atom is -0.493 e. The van der Waals surface area contributed by atoms with E-state index in [0.717, 1.165) is 11.1 Å². The van der Waals surface area contributed by atoms with Crippen LogP contribution in [0.5, 0.6) is 11.5 Å². The molecule has 1 amide bonds. The number of esters is 1. The Bertz CT molecular complexity index is 937. The molecule has 0 aliphatic carbocycles. The Hall–Kier alpha value is -2.64. The summed E-state index contributed by atoms with van der Waals surface area (Å²) >= 11 is 6.17. The third kappa shape index (κ3) is 4.12. The lowest BCUT2D eigenvalue weighted by atomic mass is 10.1. The Morgan fingerprint density at radius 1 is 1.19 bits per heavy atom. The molecule has 5 nitrogen and oxygen atoms in total. The molecule has 7 heteroatoms. The van der Waals surface area contributed by atoms with Crippen LogP contribution in [-0.4, -0.2) is 23.3 Å². The first-order chi connectivity index (χ1) is 12.5. The Morgan fingerprint density at radius 2 is 2.00 bits per heavy atom.